The second-order valence-electron chi connectivity index (χ2n) is 4.79. The smallest absolute Gasteiger partial charge is 0.263 e. The van der Waals surface area contributed by atoms with Gasteiger partial charge in [0.1, 0.15) is 11.6 Å². The van der Waals surface area contributed by atoms with Crippen molar-refractivity contribution in [3.05, 3.63) is 64.8 Å². The molecule has 0 aliphatic carbocycles. The molecule has 3 rings (SSSR count). The summed E-state index contributed by atoms with van der Waals surface area (Å²) in [6, 6.07) is 14.4. The van der Waals surface area contributed by atoms with Gasteiger partial charge in [-0.3, -0.25) is 4.79 Å². The number of fused-ring (bicyclic) bond motifs is 1. The van der Waals surface area contributed by atoms with Crippen LogP contribution in [0.5, 0.6) is 5.75 Å². The first-order valence-corrected chi connectivity index (χ1v) is 7.60. The molecule has 0 saturated carbocycles. The van der Waals surface area contributed by atoms with Gasteiger partial charge in [-0.2, -0.15) is 0 Å². The van der Waals surface area contributed by atoms with Crippen LogP contribution in [0.15, 0.2) is 54.7 Å². The Bertz CT molecular complexity index is 851. The van der Waals surface area contributed by atoms with Crippen LogP contribution in [0.4, 0.5) is 5.82 Å². The minimum Gasteiger partial charge on any atom is -0.483 e. The summed E-state index contributed by atoms with van der Waals surface area (Å²) in [6.45, 7) is -0.129. The molecule has 2 aromatic carbocycles. The van der Waals surface area contributed by atoms with Gasteiger partial charge in [-0.1, -0.05) is 47.5 Å². The summed E-state index contributed by atoms with van der Waals surface area (Å²) in [5, 5.41) is 5.53. The summed E-state index contributed by atoms with van der Waals surface area (Å²) in [5.41, 5.74) is 0. The normalized spacial score (nSPS) is 10.5. The Kier molecular flexibility index (Phi) is 4.65. The van der Waals surface area contributed by atoms with Crippen molar-refractivity contribution in [3.63, 3.8) is 0 Å². The number of carbonyl (C=O) groups excluding carboxylic acids is 1. The number of nitrogens with one attached hydrogen (secondary N) is 1. The monoisotopic (exact) mass is 346 g/mol. The van der Waals surface area contributed by atoms with Gasteiger partial charge in [0.15, 0.2) is 6.61 Å². The van der Waals surface area contributed by atoms with Gasteiger partial charge in [0.25, 0.3) is 5.91 Å². The molecular formula is C17H12Cl2N2O2. The van der Waals surface area contributed by atoms with E-state index in [2.05, 4.69) is 10.3 Å². The summed E-state index contributed by atoms with van der Waals surface area (Å²) in [7, 11) is 0. The summed E-state index contributed by atoms with van der Waals surface area (Å²) in [4.78, 5) is 15.9. The predicted molar refractivity (Wildman–Crippen MR) is 92.3 cm³/mol. The van der Waals surface area contributed by atoms with E-state index in [4.69, 9.17) is 27.9 Å². The molecular weight excluding hydrogens is 335 g/mol. The molecule has 0 fully saturated rings. The number of pyridine rings is 1. The second kappa shape index (κ2) is 6.86. The van der Waals surface area contributed by atoms with Crippen molar-refractivity contribution in [1.82, 2.24) is 4.98 Å². The lowest BCUT2D eigenvalue weighted by Crippen LogP contribution is -2.20. The number of amides is 1. The van der Waals surface area contributed by atoms with Crippen molar-refractivity contribution >= 4 is 45.7 Å². The summed E-state index contributed by atoms with van der Waals surface area (Å²) in [5.74, 6) is 0.715. The molecule has 1 aromatic heterocycles. The standard InChI is InChI=1S/C17H12Cl2N2O2/c18-11-5-8-16(20-9-11)21-17(22)10-23-15-7-6-14(19)12-3-1-2-4-13(12)15/h1-9H,10H2,(H,20,21,22). The lowest BCUT2D eigenvalue weighted by atomic mass is 10.1. The highest BCUT2D eigenvalue weighted by Gasteiger charge is 2.08. The Balaban J connectivity index is 1.70. The highest BCUT2D eigenvalue weighted by atomic mass is 35.5. The SMILES string of the molecule is O=C(COc1ccc(Cl)c2ccccc12)Nc1ccc(Cl)cn1. The van der Waals surface area contributed by atoms with Crippen LogP contribution < -0.4 is 10.1 Å². The zero-order valence-electron chi connectivity index (χ0n) is 11.9. The average molecular weight is 347 g/mol. The van der Waals surface area contributed by atoms with Crippen molar-refractivity contribution in [1.29, 1.82) is 0 Å². The molecule has 23 heavy (non-hydrogen) atoms. The van der Waals surface area contributed by atoms with Crippen LogP contribution in [0.25, 0.3) is 10.8 Å². The van der Waals surface area contributed by atoms with E-state index in [-0.39, 0.29) is 12.5 Å². The maximum absolute atomic E-state index is 11.9. The number of benzene rings is 2. The number of hydrogen-bond acceptors (Lipinski definition) is 3. The van der Waals surface area contributed by atoms with Crippen LogP contribution in [-0.2, 0) is 4.79 Å². The largest absolute Gasteiger partial charge is 0.483 e. The fraction of sp³-hybridized carbons (Fsp3) is 0.0588. The molecule has 3 aromatic rings. The van der Waals surface area contributed by atoms with Gasteiger partial charge in [0.05, 0.1) is 5.02 Å². The van der Waals surface area contributed by atoms with E-state index in [9.17, 15) is 4.79 Å². The highest BCUT2D eigenvalue weighted by Crippen LogP contribution is 2.31. The Labute approximate surface area is 143 Å². The molecule has 116 valence electrons. The molecule has 0 aliphatic rings. The third-order valence-electron chi connectivity index (χ3n) is 3.18. The van der Waals surface area contributed by atoms with E-state index in [1.54, 1.807) is 24.3 Å². The molecule has 6 heteroatoms. The third-order valence-corrected chi connectivity index (χ3v) is 3.74. The average Bonchev–Trinajstić information content (AvgIpc) is 2.57. The fourth-order valence-corrected chi connectivity index (χ4v) is 2.47. The third kappa shape index (κ3) is 3.73. The molecule has 1 amide bonds. The van der Waals surface area contributed by atoms with Crippen molar-refractivity contribution in [3.8, 4) is 5.75 Å². The Morgan fingerprint density at radius 2 is 1.83 bits per heavy atom. The summed E-state index contributed by atoms with van der Waals surface area (Å²) < 4.78 is 5.61. The molecule has 1 heterocycles. The van der Waals surface area contributed by atoms with Crippen LogP contribution in [-0.4, -0.2) is 17.5 Å². The summed E-state index contributed by atoms with van der Waals surface area (Å²) >= 11 is 11.9. The lowest BCUT2D eigenvalue weighted by Gasteiger charge is -2.10. The molecule has 0 aliphatic heterocycles. The Morgan fingerprint density at radius 1 is 1.04 bits per heavy atom. The van der Waals surface area contributed by atoms with Gasteiger partial charge in [-0.15, -0.1) is 0 Å². The van der Waals surface area contributed by atoms with E-state index in [0.29, 0.717) is 21.6 Å². The van der Waals surface area contributed by atoms with Crippen LogP contribution in [0.3, 0.4) is 0 Å². The van der Waals surface area contributed by atoms with Gasteiger partial charge in [0.2, 0.25) is 0 Å². The molecule has 0 radical (unpaired) electrons. The highest BCUT2D eigenvalue weighted by molar-refractivity contribution is 6.35. The molecule has 0 unspecified atom stereocenters. The molecule has 0 saturated heterocycles. The van der Waals surface area contributed by atoms with Gasteiger partial charge in [-0.05, 0) is 24.3 Å². The van der Waals surface area contributed by atoms with Gasteiger partial charge < -0.3 is 10.1 Å². The number of aromatic nitrogens is 1. The van der Waals surface area contributed by atoms with Crippen LogP contribution in [0.2, 0.25) is 10.0 Å². The fourth-order valence-electron chi connectivity index (χ4n) is 2.13. The van der Waals surface area contributed by atoms with Crippen LogP contribution in [0.1, 0.15) is 0 Å². The van der Waals surface area contributed by atoms with E-state index in [1.807, 2.05) is 24.3 Å². The van der Waals surface area contributed by atoms with Crippen LogP contribution >= 0.6 is 23.2 Å². The van der Waals surface area contributed by atoms with E-state index >= 15 is 0 Å². The summed E-state index contributed by atoms with van der Waals surface area (Å²) in [6.07, 6.45) is 1.46. The first-order chi connectivity index (χ1) is 11.1. The van der Waals surface area contributed by atoms with E-state index in [0.717, 1.165) is 10.8 Å². The Hall–Kier alpha value is -2.30. The molecule has 0 bridgehead atoms. The maximum atomic E-state index is 11.9. The predicted octanol–water partition coefficient (Wildman–Crippen LogP) is 4.56. The lowest BCUT2D eigenvalue weighted by molar-refractivity contribution is -0.118. The zero-order chi connectivity index (χ0) is 16.2. The zero-order valence-corrected chi connectivity index (χ0v) is 13.4. The van der Waals surface area contributed by atoms with Crippen molar-refractivity contribution in [2.75, 3.05) is 11.9 Å². The minimum atomic E-state index is -0.307. The second-order valence-corrected chi connectivity index (χ2v) is 5.63. The number of rotatable bonds is 4. The topological polar surface area (TPSA) is 51.2 Å². The first-order valence-electron chi connectivity index (χ1n) is 6.85. The van der Waals surface area contributed by atoms with E-state index in [1.165, 1.54) is 6.20 Å². The number of carbonyl (C=O) groups is 1. The number of anilines is 1. The number of ether oxygens (including phenoxy) is 1. The molecule has 1 N–H and O–H groups in total. The molecule has 4 nitrogen and oxygen atoms in total. The maximum Gasteiger partial charge on any atom is 0.263 e. The Morgan fingerprint density at radius 3 is 2.57 bits per heavy atom. The number of nitrogens with zero attached hydrogens (tertiary/aromatic N) is 1. The van der Waals surface area contributed by atoms with Crippen molar-refractivity contribution in [2.45, 2.75) is 0 Å². The van der Waals surface area contributed by atoms with Crippen LogP contribution in [0, 0.1) is 0 Å². The first kappa shape index (κ1) is 15.6. The van der Waals surface area contributed by atoms with Gasteiger partial charge in [0, 0.05) is 22.0 Å². The van der Waals surface area contributed by atoms with Gasteiger partial charge >= 0.3 is 0 Å². The van der Waals surface area contributed by atoms with Crippen molar-refractivity contribution in [2.24, 2.45) is 0 Å². The van der Waals surface area contributed by atoms with Gasteiger partial charge in [-0.25, -0.2) is 4.98 Å². The minimum absolute atomic E-state index is 0.129. The number of hydrogen-bond donors (Lipinski definition) is 1. The molecule has 0 atom stereocenters. The number of halogens is 2. The molecule has 0 spiro atoms. The van der Waals surface area contributed by atoms with Crippen molar-refractivity contribution < 1.29 is 9.53 Å². The van der Waals surface area contributed by atoms with E-state index < -0.39 is 0 Å². The quantitative estimate of drug-likeness (QED) is 0.753.